The molecule has 1 aliphatic carbocycles. The van der Waals surface area contributed by atoms with Crippen LogP contribution in [0.15, 0.2) is 12.4 Å². The van der Waals surface area contributed by atoms with Crippen LogP contribution in [0.4, 0.5) is 0 Å². The van der Waals surface area contributed by atoms with Crippen molar-refractivity contribution in [1.82, 2.24) is 15.1 Å². The number of ether oxygens (including phenoxy) is 1. The largest absolute Gasteiger partial charge is 0.383 e. The summed E-state index contributed by atoms with van der Waals surface area (Å²) in [5.74, 6) is 0. The summed E-state index contributed by atoms with van der Waals surface area (Å²) in [6.07, 6.45) is 13.3. The molecule has 2 rings (SSSR count). The predicted molar refractivity (Wildman–Crippen MR) is 77.4 cm³/mol. The lowest BCUT2D eigenvalue weighted by atomic mass is 9.96. The SMILES string of the molecule is COCCNCCCc1cnn(C2CCCCC2)c1. The first-order valence-electron chi connectivity index (χ1n) is 7.63. The molecule has 1 aromatic heterocycles. The van der Waals surface area contributed by atoms with Crippen molar-refractivity contribution in [3.8, 4) is 0 Å². The van der Waals surface area contributed by atoms with Gasteiger partial charge in [0.15, 0.2) is 0 Å². The van der Waals surface area contributed by atoms with Crippen LogP contribution in [0.2, 0.25) is 0 Å². The van der Waals surface area contributed by atoms with Gasteiger partial charge >= 0.3 is 0 Å². The molecule has 0 radical (unpaired) electrons. The average Bonchev–Trinajstić information content (AvgIpc) is 2.92. The molecule has 4 nitrogen and oxygen atoms in total. The van der Waals surface area contributed by atoms with Crippen LogP contribution in [0.3, 0.4) is 0 Å². The van der Waals surface area contributed by atoms with Crippen molar-refractivity contribution < 1.29 is 4.74 Å². The van der Waals surface area contributed by atoms with E-state index in [2.05, 4.69) is 21.3 Å². The molecule has 0 amide bonds. The van der Waals surface area contributed by atoms with E-state index in [1.165, 1.54) is 44.1 Å². The second kappa shape index (κ2) is 8.33. The van der Waals surface area contributed by atoms with Crippen LogP contribution in [0.5, 0.6) is 0 Å². The molecule has 108 valence electrons. The predicted octanol–water partition coefficient (Wildman–Crippen LogP) is 2.56. The highest BCUT2D eigenvalue weighted by molar-refractivity contribution is 5.04. The zero-order chi connectivity index (χ0) is 13.3. The molecule has 0 aliphatic heterocycles. The number of hydrogen-bond acceptors (Lipinski definition) is 3. The summed E-state index contributed by atoms with van der Waals surface area (Å²) >= 11 is 0. The number of hydrogen-bond donors (Lipinski definition) is 1. The first kappa shape index (κ1) is 14.5. The van der Waals surface area contributed by atoms with Crippen molar-refractivity contribution >= 4 is 0 Å². The quantitative estimate of drug-likeness (QED) is 0.734. The minimum Gasteiger partial charge on any atom is -0.383 e. The molecule has 0 spiro atoms. The monoisotopic (exact) mass is 265 g/mol. The van der Waals surface area contributed by atoms with E-state index in [0.717, 1.165) is 26.1 Å². The molecule has 4 heteroatoms. The van der Waals surface area contributed by atoms with Crippen LogP contribution in [0, 0.1) is 0 Å². The van der Waals surface area contributed by atoms with E-state index in [-0.39, 0.29) is 0 Å². The van der Waals surface area contributed by atoms with E-state index in [9.17, 15) is 0 Å². The number of nitrogens with zero attached hydrogens (tertiary/aromatic N) is 2. The molecule has 19 heavy (non-hydrogen) atoms. The lowest BCUT2D eigenvalue weighted by Crippen LogP contribution is -2.20. The Morgan fingerprint density at radius 3 is 2.95 bits per heavy atom. The van der Waals surface area contributed by atoms with Gasteiger partial charge in [-0.15, -0.1) is 0 Å². The molecule has 0 unspecified atom stereocenters. The third kappa shape index (κ3) is 4.96. The van der Waals surface area contributed by atoms with E-state index >= 15 is 0 Å². The van der Waals surface area contributed by atoms with Crippen molar-refractivity contribution in [3.63, 3.8) is 0 Å². The number of rotatable bonds is 8. The Labute approximate surface area is 116 Å². The number of nitrogens with one attached hydrogen (secondary N) is 1. The van der Waals surface area contributed by atoms with E-state index in [1.54, 1.807) is 7.11 Å². The molecule has 1 aliphatic rings. The van der Waals surface area contributed by atoms with Gasteiger partial charge in [0, 0.05) is 19.9 Å². The molecular formula is C15H27N3O. The Morgan fingerprint density at radius 1 is 1.32 bits per heavy atom. The number of methoxy groups -OCH3 is 1. The van der Waals surface area contributed by atoms with E-state index in [1.807, 2.05) is 6.20 Å². The average molecular weight is 265 g/mol. The van der Waals surface area contributed by atoms with E-state index in [4.69, 9.17) is 4.74 Å². The molecule has 1 aromatic rings. The van der Waals surface area contributed by atoms with Crippen LogP contribution in [0.1, 0.15) is 50.1 Å². The Hall–Kier alpha value is -0.870. The fourth-order valence-corrected chi connectivity index (χ4v) is 2.77. The Morgan fingerprint density at radius 2 is 2.16 bits per heavy atom. The Kier molecular flexibility index (Phi) is 6.37. The zero-order valence-electron chi connectivity index (χ0n) is 12.1. The van der Waals surface area contributed by atoms with Gasteiger partial charge in [0.25, 0.3) is 0 Å². The third-order valence-electron chi connectivity index (χ3n) is 3.91. The van der Waals surface area contributed by atoms with Crippen molar-refractivity contribution in [2.24, 2.45) is 0 Å². The summed E-state index contributed by atoms with van der Waals surface area (Å²) in [4.78, 5) is 0. The Bertz CT molecular complexity index is 345. The topological polar surface area (TPSA) is 39.1 Å². The maximum absolute atomic E-state index is 5.00. The highest BCUT2D eigenvalue weighted by Crippen LogP contribution is 2.27. The summed E-state index contributed by atoms with van der Waals surface area (Å²) in [6, 6.07) is 0.655. The van der Waals surface area contributed by atoms with Crippen molar-refractivity contribution in [3.05, 3.63) is 18.0 Å². The third-order valence-corrected chi connectivity index (χ3v) is 3.91. The summed E-state index contributed by atoms with van der Waals surface area (Å²) in [5.41, 5.74) is 1.37. The number of aromatic nitrogens is 2. The minimum absolute atomic E-state index is 0.655. The van der Waals surface area contributed by atoms with Gasteiger partial charge in [-0.2, -0.15) is 5.10 Å². The van der Waals surface area contributed by atoms with Gasteiger partial charge in [-0.1, -0.05) is 19.3 Å². The molecular weight excluding hydrogens is 238 g/mol. The highest BCUT2D eigenvalue weighted by atomic mass is 16.5. The van der Waals surface area contributed by atoms with Crippen LogP contribution in [0.25, 0.3) is 0 Å². The van der Waals surface area contributed by atoms with Crippen LogP contribution >= 0.6 is 0 Å². The van der Waals surface area contributed by atoms with E-state index in [0.29, 0.717) is 6.04 Å². The second-order valence-corrected chi connectivity index (χ2v) is 5.47. The van der Waals surface area contributed by atoms with Crippen molar-refractivity contribution in [2.75, 3.05) is 26.8 Å². The molecule has 1 saturated carbocycles. The molecule has 0 atom stereocenters. The lowest BCUT2D eigenvalue weighted by Gasteiger charge is -2.21. The second-order valence-electron chi connectivity index (χ2n) is 5.47. The molecule has 0 aromatic carbocycles. The first-order chi connectivity index (χ1) is 9.40. The Balaban J connectivity index is 1.66. The van der Waals surface area contributed by atoms with Crippen molar-refractivity contribution in [2.45, 2.75) is 51.0 Å². The van der Waals surface area contributed by atoms with Gasteiger partial charge in [0.1, 0.15) is 0 Å². The van der Waals surface area contributed by atoms with Crippen LogP contribution in [-0.4, -0.2) is 36.6 Å². The van der Waals surface area contributed by atoms with Gasteiger partial charge in [-0.3, -0.25) is 4.68 Å². The molecule has 1 heterocycles. The molecule has 0 saturated heterocycles. The maximum atomic E-state index is 5.00. The maximum Gasteiger partial charge on any atom is 0.0587 e. The van der Waals surface area contributed by atoms with Crippen LogP contribution < -0.4 is 5.32 Å². The van der Waals surface area contributed by atoms with Gasteiger partial charge in [-0.25, -0.2) is 0 Å². The van der Waals surface area contributed by atoms with Gasteiger partial charge in [0.2, 0.25) is 0 Å². The smallest absolute Gasteiger partial charge is 0.0587 e. The zero-order valence-corrected chi connectivity index (χ0v) is 12.1. The van der Waals surface area contributed by atoms with Crippen LogP contribution in [-0.2, 0) is 11.2 Å². The normalized spacial score (nSPS) is 16.9. The number of aryl methyl sites for hydroxylation is 1. The van der Waals surface area contributed by atoms with Gasteiger partial charge in [0.05, 0.1) is 18.8 Å². The molecule has 1 N–H and O–H groups in total. The fourth-order valence-electron chi connectivity index (χ4n) is 2.77. The first-order valence-corrected chi connectivity index (χ1v) is 7.63. The summed E-state index contributed by atoms with van der Waals surface area (Å²) in [5, 5.41) is 7.92. The summed E-state index contributed by atoms with van der Waals surface area (Å²) in [7, 11) is 1.74. The fraction of sp³-hybridized carbons (Fsp3) is 0.800. The minimum atomic E-state index is 0.655. The van der Waals surface area contributed by atoms with Gasteiger partial charge in [-0.05, 0) is 37.8 Å². The molecule has 0 bridgehead atoms. The van der Waals surface area contributed by atoms with Crippen molar-refractivity contribution in [1.29, 1.82) is 0 Å². The summed E-state index contributed by atoms with van der Waals surface area (Å²) in [6.45, 7) is 2.79. The van der Waals surface area contributed by atoms with Gasteiger partial charge < -0.3 is 10.1 Å². The highest BCUT2D eigenvalue weighted by Gasteiger charge is 2.15. The lowest BCUT2D eigenvalue weighted by molar-refractivity contribution is 0.199. The summed E-state index contributed by atoms with van der Waals surface area (Å²) < 4.78 is 7.20. The molecule has 1 fully saturated rings. The van der Waals surface area contributed by atoms with E-state index < -0.39 is 0 Å². The standard InChI is InChI=1S/C15H27N3O/c1-19-11-10-16-9-5-6-14-12-17-18(13-14)15-7-3-2-4-8-15/h12-13,15-16H,2-11H2,1H3.